The summed E-state index contributed by atoms with van der Waals surface area (Å²) in [5.41, 5.74) is 2.59. The molecule has 1 spiro atoms. The van der Waals surface area contributed by atoms with Crippen molar-refractivity contribution in [3.8, 4) is 0 Å². The van der Waals surface area contributed by atoms with E-state index in [1.807, 2.05) is 69.3 Å². The zero-order valence-electron chi connectivity index (χ0n) is 18.5. The summed E-state index contributed by atoms with van der Waals surface area (Å²) in [6.45, 7) is 5.72. The molecule has 2 heterocycles. The van der Waals surface area contributed by atoms with Gasteiger partial charge in [0.15, 0.2) is 17.7 Å². The standard InChI is InChI=1S/C27H26Cl2O3/c1-25(2)23(30)24-27(32-26(25,3)31-24)19(15-17-7-11-21(28)12-8-17)5-4-6-20(27)16-18-9-13-22(29)14-10-18/h7-16,24H,4-6H2,1-3H3/b19-15+,20-16+/t24-,26-/m0/s1. The molecule has 166 valence electrons. The van der Waals surface area contributed by atoms with Crippen LogP contribution < -0.4 is 0 Å². The molecule has 2 aliphatic heterocycles. The maximum Gasteiger partial charge on any atom is 0.180 e. The molecule has 5 heteroatoms. The first kappa shape index (κ1) is 21.9. The number of rotatable bonds is 2. The van der Waals surface area contributed by atoms with Gasteiger partial charge in [0.2, 0.25) is 0 Å². The minimum atomic E-state index is -0.982. The molecule has 2 bridgehead atoms. The number of carbonyl (C=O) groups is 1. The Morgan fingerprint density at radius 1 is 0.844 bits per heavy atom. The summed E-state index contributed by atoms with van der Waals surface area (Å²) in [5.74, 6) is -0.887. The molecule has 0 N–H and O–H groups in total. The normalized spacial score (nSPS) is 33.5. The molecule has 1 saturated carbocycles. The van der Waals surface area contributed by atoms with Crippen LogP contribution in [0.3, 0.4) is 0 Å². The van der Waals surface area contributed by atoms with Crippen LogP contribution in [0, 0.1) is 5.41 Å². The highest BCUT2D eigenvalue weighted by atomic mass is 35.5. The molecular formula is C27H26Cl2O3. The summed E-state index contributed by atoms with van der Waals surface area (Å²) in [4.78, 5) is 13.6. The number of halogens is 2. The van der Waals surface area contributed by atoms with Gasteiger partial charge in [-0.05, 0) is 86.6 Å². The SMILES string of the molecule is CC1(C)C(=O)[C@@H]2O[C@@]1(C)OC21/C(=C/c2ccc(Cl)cc2)CCC/C1=C\c1ccc(Cl)cc1. The molecule has 3 fully saturated rings. The monoisotopic (exact) mass is 468 g/mol. The largest absolute Gasteiger partial charge is 0.334 e. The summed E-state index contributed by atoms with van der Waals surface area (Å²) in [6.07, 6.45) is 6.26. The Balaban J connectivity index is 1.68. The number of hydrogen-bond donors (Lipinski definition) is 0. The van der Waals surface area contributed by atoms with Crippen molar-refractivity contribution >= 4 is 41.1 Å². The highest BCUT2D eigenvalue weighted by molar-refractivity contribution is 6.30. The molecule has 3 aliphatic rings. The highest BCUT2D eigenvalue weighted by Gasteiger charge is 2.74. The van der Waals surface area contributed by atoms with Crippen LogP contribution >= 0.6 is 23.2 Å². The molecule has 0 amide bonds. The van der Waals surface area contributed by atoms with E-state index in [1.54, 1.807) is 0 Å². The number of fused-ring (bicyclic) bond motifs is 3. The summed E-state index contributed by atoms with van der Waals surface area (Å²) in [7, 11) is 0. The van der Waals surface area contributed by atoms with Gasteiger partial charge in [-0.15, -0.1) is 0 Å². The average Bonchev–Trinajstić information content (AvgIpc) is 3.17. The van der Waals surface area contributed by atoms with Crippen LogP contribution in [0.15, 0.2) is 59.7 Å². The van der Waals surface area contributed by atoms with E-state index >= 15 is 0 Å². The fourth-order valence-corrected chi connectivity index (χ4v) is 5.40. The van der Waals surface area contributed by atoms with Crippen molar-refractivity contribution in [3.05, 3.63) is 80.8 Å². The van der Waals surface area contributed by atoms with E-state index in [2.05, 4.69) is 12.2 Å². The molecular weight excluding hydrogens is 443 g/mol. The quantitative estimate of drug-likeness (QED) is 0.470. The van der Waals surface area contributed by atoms with Crippen molar-refractivity contribution in [2.24, 2.45) is 5.41 Å². The lowest BCUT2D eigenvalue weighted by molar-refractivity contribution is -0.210. The molecule has 0 aromatic heterocycles. The fraction of sp³-hybridized carbons (Fsp3) is 0.370. The third-order valence-electron chi connectivity index (χ3n) is 7.33. The maximum atomic E-state index is 13.6. The Labute approximate surface area is 199 Å². The van der Waals surface area contributed by atoms with E-state index < -0.39 is 22.9 Å². The molecule has 3 nitrogen and oxygen atoms in total. The van der Waals surface area contributed by atoms with Crippen LogP contribution in [0.25, 0.3) is 12.2 Å². The Bertz CT molecular complexity index is 1060. The smallest absolute Gasteiger partial charge is 0.180 e. The lowest BCUT2D eigenvalue weighted by Crippen LogP contribution is -2.59. The van der Waals surface area contributed by atoms with Crippen LogP contribution in [0.2, 0.25) is 10.0 Å². The van der Waals surface area contributed by atoms with Crippen molar-refractivity contribution in [1.29, 1.82) is 0 Å². The van der Waals surface area contributed by atoms with Crippen molar-refractivity contribution in [2.45, 2.75) is 57.5 Å². The minimum absolute atomic E-state index is 0.0946. The van der Waals surface area contributed by atoms with Crippen molar-refractivity contribution in [1.82, 2.24) is 0 Å². The molecule has 2 saturated heterocycles. The minimum Gasteiger partial charge on any atom is -0.334 e. The molecule has 32 heavy (non-hydrogen) atoms. The number of ether oxygens (including phenoxy) is 2. The van der Waals surface area contributed by atoms with Crippen molar-refractivity contribution < 1.29 is 14.3 Å². The summed E-state index contributed by atoms with van der Waals surface area (Å²) >= 11 is 12.2. The first-order valence-electron chi connectivity index (χ1n) is 11.0. The molecule has 2 aromatic rings. The molecule has 0 radical (unpaired) electrons. The predicted octanol–water partition coefficient (Wildman–Crippen LogP) is 7.12. The van der Waals surface area contributed by atoms with Crippen molar-refractivity contribution in [3.63, 3.8) is 0 Å². The van der Waals surface area contributed by atoms with E-state index in [9.17, 15) is 4.79 Å². The van der Waals surface area contributed by atoms with Crippen LogP contribution in [0.1, 0.15) is 51.2 Å². The summed E-state index contributed by atoms with van der Waals surface area (Å²) < 4.78 is 13.2. The Hall–Kier alpha value is -1.91. The average molecular weight is 469 g/mol. The highest BCUT2D eigenvalue weighted by Crippen LogP contribution is 2.62. The Kier molecular flexibility index (Phi) is 5.18. The van der Waals surface area contributed by atoms with Gasteiger partial charge in [0, 0.05) is 10.0 Å². The van der Waals surface area contributed by atoms with Crippen LogP contribution in [-0.2, 0) is 14.3 Å². The van der Waals surface area contributed by atoms with E-state index in [1.165, 1.54) is 0 Å². The van der Waals surface area contributed by atoms with E-state index in [0.717, 1.165) is 41.5 Å². The fourth-order valence-electron chi connectivity index (χ4n) is 5.15. The zero-order valence-corrected chi connectivity index (χ0v) is 20.0. The van der Waals surface area contributed by atoms with Crippen LogP contribution in [0.4, 0.5) is 0 Å². The van der Waals surface area contributed by atoms with Gasteiger partial charge in [-0.1, -0.05) is 59.6 Å². The van der Waals surface area contributed by atoms with Crippen LogP contribution in [0.5, 0.6) is 0 Å². The van der Waals surface area contributed by atoms with Crippen LogP contribution in [-0.4, -0.2) is 23.3 Å². The predicted molar refractivity (Wildman–Crippen MR) is 129 cm³/mol. The number of benzene rings is 2. The van der Waals surface area contributed by atoms with Gasteiger partial charge in [0.05, 0.1) is 5.41 Å². The molecule has 2 atom stereocenters. The van der Waals surface area contributed by atoms with E-state index in [4.69, 9.17) is 32.7 Å². The summed E-state index contributed by atoms with van der Waals surface area (Å²) in [6, 6.07) is 15.5. The third kappa shape index (κ3) is 3.21. The van der Waals surface area contributed by atoms with E-state index in [0.29, 0.717) is 10.0 Å². The van der Waals surface area contributed by atoms with Gasteiger partial charge in [0.1, 0.15) is 5.60 Å². The second kappa shape index (κ2) is 7.56. The lowest BCUT2D eigenvalue weighted by atomic mass is 9.65. The first-order chi connectivity index (χ1) is 15.2. The molecule has 5 rings (SSSR count). The van der Waals surface area contributed by atoms with Gasteiger partial charge < -0.3 is 9.47 Å². The number of ketones is 1. The molecule has 1 aliphatic carbocycles. The number of carbonyl (C=O) groups excluding carboxylic acids is 1. The van der Waals surface area contributed by atoms with Gasteiger partial charge in [0.25, 0.3) is 0 Å². The maximum absolute atomic E-state index is 13.6. The molecule has 2 aromatic carbocycles. The number of Topliss-reactive ketones (excluding diaryl/α,β-unsaturated/α-hetero) is 1. The number of hydrogen-bond acceptors (Lipinski definition) is 3. The zero-order chi connectivity index (χ0) is 22.7. The Morgan fingerprint density at radius 3 is 1.72 bits per heavy atom. The van der Waals surface area contributed by atoms with Gasteiger partial charge in [-0.3, -0.25) is 4.79 Å². The lowest BCUT2D eigenvalue weighted by Gasteiger charge is -2.47. The third-order valence-corrected chi connectivity index (χ3v) is 7.83. The van der Waals surface area contributed by atoms with Crippen molar-refractivity contribution in [2.75, 3.05) is 0 Å². The van der Waals surface area contributed by atoms with Gasteiger partial charge >= 0.3 is 0 Å². The van der Waals surface area contributed by atoms with Gasteiger partial charge in [-0.25, -0.2) is 0 Å². The second-order valence-electron chi connectivity index (χ2n) is 9.57. The topological polar surface area (TPSA) is 35.5 Å². The summed E-state index contributed by atoms with van der Waals surface area (Å²) in [5, 5.41) is 1.38. The molecule has 0 unspecified atom stereocenters. The first-order valence-corrected chi connectivity index (χ1v) is 11.8. The second-order valence-corrected chi connectivity index (χ2v) is 10.4. The van der Waals surface area contributed by atoms with E-state index in [-0.39, 0.29) is 5.78 Å². The van der Waals surface area contributed by atoms with Gasteiger partial charge in [-0.2, -0.15) is 0 Å². The Morgan fingerprint density at radius 2 is 1.31 bits per heavy atom.